The number of hydrogen-bond donors (Lipinski definition) is 0. The van der Waals surface area contributed by atoms with Gasteiger partial charge in [0.1, 0.15) is 12.7 Å². The molecule has 3 aromatic carbocycles. The Hall–Kier alpha value is -3.51. The summed E-state index contributed by atoms with van der Waals surface area (Å²) in [6, 6.07) is 22.5. The smallest absolute Gasteiger partial charge is 0.253 e. The second kappa shape index (κ2) is 8.08. The minimum Gasteiger partial charge on any atom is -0.336 e. The van der Waals surface area contributed by atoms with E-state index in [4.69, 9.17) is 0 Å². The van der Waals surface area contributed by atoms with Crippen LogP contribution in [0.15, 0.2) is 79.4 Å². The molecule has 1 aliphatic heterocycles. The molecule has 0 spiro atoms. The van der Waals surface area contributed by atoms with Gasteiger partial charge in [0.05, 0.1) is 5.69 Å². The summed E-state index contributed by atoms with van der Waals surface area (Å²) in [7, 11) is 0. The predicted octanol–water partition coefficient (Wildman–Crippen LogP) is 3.38. The number of rotatable bonds is 4. The first-order chi connectivity index (χ1) is 14.8. The van der Waals surface area contributed by atoms with Crippen LogP contribution in [0.5, 0.6) is 0 Å². The van der Waals surface area contributed by atoms with E-state index in [0.29, 0.717) is 5.56 Å². The number of carbonyl (C=O) groups excluding carboxylic acids is 1. The number of carbonyl (C=O) groups is 1. The molecule has 6 heteroatoms. The molecule has 5 rings (SSSR count). The quantitative estimate of drug-likeness (QED) is 0.530. The Morgan fingerprint density at radius 1 is 0.867 bits per heavy atom. The molecular formula is C24H23N5O. The van der Waals surface area contributed by atoms with Gasteiger partial charge in [0.2, 0.25) is 0 Å². The standard InChI is InChI=1S/C24H23N5O/c30-24(20-8-10-22(11-9-20)29-18-25-17-26-29)28-14-12-27(13-15-28)16-21-6-3-5-19-4-1-2-7-23(19)21/h1-11,17-18H,12-16H2. The number of aromatic nitrogens is 3. The van der Waals surface area contributed by atoms with Crippen molar-refractivity contribution in [3.63, 3.8) is 0 Å². The van der Waals surface area contributed by atoms with Crippen molar-refractivity contribution in [2.24, 2.45) is 0 Å². The highest BCUT2D eigenvalue weighted by atomic mass is 16.2. The Labute approximate surface area is 175 Å². The topological polar surface area (TPSA) is 54.3 Å². The van der Waals surface area contributed by atoms with Gasteiger partial charge in [-0.05, 0) is 40.6 Å². The van der Waals surface area contributed by atoms with Gasteiger partial charge in [-0.3, -0.25) is 9.69 Å². The fourth-order valence-electron chi connectivity index (χ4n) is 4.06. The normalized spacial score (nSPS) is 14.9. The second-order valence-electron chi connectivity index (χ2n) is 7.59. The molecule has 1 aliphatic rings. The van der Waals surface area contributed by atoms with Crippen LogP contribution in [0.4, 0.5) is 0 Å². The van der Waals surface area contributed by atoms with Crippen LogP contribution in [0.2, 0.25) is 0 Å². The van der Waals surface area contributed by atoms with E-state index >= 15 is 0 Å². The molecule has 0 saturated carbocycles. The van der Waals surface area contributed by atoms with Gasteiger partial charge in [0.25, 0.3) is 5.91 Å². The van der Waals surface area contributed by atoms with Crippen LogP contribution in [0.1, 0.15) is 15.9 Å². The molecular weight excluding hydrogens is 374 g/mol. The van der Waals surface area contributed by atoms with Crippen molar-refractivity contribution in [2.75, 3.05) is 26.2 Å². The van der Waals surface area contributed by atoms with Crippen LogP contribution < -0.4 is 0 Å². The summed E-state index contributed by atoms with van der Waals surface area (Å²) in [5, 5.41) is 6.70. The van der Waals surface area contributed by atoms with E-state index in [1.807, 2.05) is 29.2 Å². The molecule has 0 radical (unpaired) electrons. The van der Waals surface area contributed by atoms with Gasteiger partial charge in [-0.25, -0.2) is 9.67 Å². The summed E-state index contributed by atoms with van der Waals surface area (Å²) < 4.78 is 1.68. The molecule has 0 bridgehead atoms. The first-order valence-corrected chi connectivity index (χ1v) is 10.2. The zero-order valence-electron chi connectivity index (χ0n) is 16.7. The highest BCUT2D eigenvalue weighted by molar-refractivity contribution is 5.94. The Bertz CT molecular complexity index is 1140. The minimum absolute atomic E-state index is 0.0879. The summed E-state index contributed by atoms with van der Waals surface area (Å²) in [6.07, 6.45) is 3.14. The number of nitrogens with zero attached hydrogens (tertiary/aromatic N) is 5. The molecule has 0 N–H and O–H groups in total. The average Bonchev–Trinajstić information content (AvgIpc) is 3.35. The molecule has 1 saturated heterocycles. The summed E-state index contributed by atoms with van der Waals surface area (Å²) in [6.45, 7) is 4.16. The maximum atomic E-state index is 12.9. The third-order valence-electron chi connectivity index (χ3n) is 5.73. The van der Waals surface area contributed by atoms with E-state index in [2.05, 4.69) is 57.4 Å². The maximum absolute atomic E-state index is 12.9. The zero-order chi connectivity index (χ0) is 20.3. The van der Waals surface area contributed by atoms with Crippen LogP contribution in [-0.2, 0) is 6.54 Å². The van der Waals surface area contributed by atoms with Crippen LogP contribution in [-0.4, -0.2) is 56.7 Å². The molecule has 0 unspecified atom stereocenters. The number of fused-ring (bicyclic) bond motifs is 1. The molecule has 1 amide bonds. The summed E-state index contributed by atoms with van der Waals surface area (Å²) in [4.78, 5) is 21.2. The Morgan fingerprint density at radius 3 is 2.40 bits per heavy atom. The van der Waals surface area contributed by atoms with Crippen molar-refractivity contribution in [1.82, 2.24) is 24.6 Å². The zero-order valence-corrected chi connectivity index (χ0v) is 16.7. The fraction of sp³-hybridized carbons (Fsp3) is 0.208. The molecule has 2 heterocycles. The molecule has 6 nitrogen and oxygen atoms in total. The number of hydrogen-bond acceptors (Lipinski definition) is 4. The Kier molecular flexibility index (Phi) is 4.99. The van der Waals surface area contributed by atoms with Gasteiger partial charge in [-0.2, -0.15) is 5.10 Å². The number of piperazine rings is 1. The minimum atomic E-state index is 0.0879. The highest BCUT2D eigenvalue weighted by Crippen LogP contribution is 2.21. The summed E-state index contributed by atoms with van der Waals surface area (Å²) in [5.41, 5.74) is 2.95. The SMILES string of the molecule is O=C(c1ccc(-n2cncn2)cc1)N1CCN(Cc2cccc3ccccc23)CC1. The van der Waals surface area contributed by atoms with Gasteiger partial charge < -0.3 is 4.90 Å². The van der Waals surface area contributed by atoms with Crippen molar-refractivity contribution in [1.29, 1.82) is 0 Å². The lowest BCUT2D eigenvalue weighted by atomic mass is 10.0. The van der Waals surface area contributed by atoms with E-state index in [-0.39, 0.29) is 5.91 Å². The van der Waals surface area contributed by atoms with Crippen molar-refractivity contribution in [2.45, 2.75) is 6.54 Å². The maximum Gasteiger partial charge on any atom is 0.253 e. The Balaban J connectivity index is 1.22. The average molecular weight is 397 g/mol. The van der Waals surface area contributed by atoms with Crippen LogP contribution in [0.3, 0.4) is 0 Å². The van der Waals surface area contributed by atoms with E-state index in [9.17, 15) is 4.79 Å². The van der Waals surface area contributed by atoms with Crippen molar-refractivity contribution >= 4 is 16.7 Å². The molecule has 1 fully saturated rings. The number of benzene rings is 3. The summed E-state index contributed by atoms with van der Waals surface area (Å²) in [5.74, 6) is 0.0879. The molecule has 1 aromatic heterocycles. The first kappa shape index (κ1) is 18.5. The van der Waals surface area contributed by atoms with E-state index < -0.39 is 0 Å². The van der Waals surface area contributed by atoms with Crippen molar-refractivity contribution in [3.8, 4) is 5.69 Å². The second-order valence-corrected chi connectivity index (χ2v) is 7.59. The molecule has 0 atom stereocenters. The van der Waals surface area contributed by atoms with Crippen molar-refractivity contribution < 1.29 is 4.79 Å². The number of amides is 1. The molecule has 150 valence electrons. The van der Waals surface area contributed by atoms with E-state index in [1.54, 1.807) is 11.0 Å². The van der Waals surface area contributed by atoms with Gasteiger partial charge in [0.15, 0.2) is 0 Å². The van der Waals surface area contributed by atoms with Crippen LogP contribution >= 0.6 is 0 Å². The van der Waals surface area contributed by atoms with Gasteiger partial charge in [-0.1, -0.05) is 42.5 Å². The van der Waals surface area contributed by atoms with E-state index in [0.717, 1.165) is 38.4 Å². The lowest BCUT2D eigenvalue weighted by molar-refractivity contribution is 0.0629. The molecule has 0 aliphatic carbocycles. The monoisotopic (exact) mass is 397 g/mol. The van der Waals surface area contributed by atoms with E-state index in [1.165, 1.54) is 22.7 Å². The van der Waals surface area contributed by atoms with Gasteiger partial charge in [-0.15, -0.1) is 0 Å². The fourth-order valence-corrected chi connectivity index (χ4v) is 4.06. The first-order valence-electron chi connectivity index (χ1n) is 10.2. The van der Waals surface area contributed by atoms with Crippen molar-refractivity contribution in [3.05, 3.63) is 90.5 Å². The van der Waals surface area contributed by atoms with Gasteiger partial charge >= 0.3 is 0 Å². The lowest BCUT2D eigenvalue weighted by Gasteiger charge is -2.35. The largest absolute Gasteiger partial charge is 0.336 e. The Morgan fingerprint density at radius 2 is 1.63 bits per heavy atom. The molecule has 30 heavy (non-hydrogen) atoms. The predicted molar refractivity (Wildman–Crippen MR) is 116 cm³/mol. The third kappa shape index (κ3) is 3.69. The lowest BCUT2D eigenvalue weighted by Crippen LogP contribution is -2.48. The highest BCUT2D eigenvalue weighted by Gasteiger charge is 2.22. The molecule has 4 aromatic rings. The van der Waals surface area contributed by atoms with Crippen LogP contribution in [0, 0.1) is 0 Å². The van der Waals surface area contributed by atoms with Crippen LogP contribution in [0.25, 0.3) is 16.5 Å². The summed E-state index contributed by atoms with van der Waals surface area (Å²) >= 11 is 0. The third-order valence-corrected chi connectivity index (χ3v) is 5.73. The van der Waals surface area contributed by atoms with Gasteiger partial charge in [0, 0.05) is 38.3 Å².